The van der Waals surface area contributed by atoms with Crippen molar-refractivity contribution >= 4 is 28.5 Å². The van der Waals surface area contributed by atoms with Gasteiger partial charge in [0.2, 0.25) is 5.95 Å². The molecule has 2 aromatic heterocycles. The van der Waals surface area contributed by atoms with Gasteiger partial charge in [0.15, 0.2) is 5.65 Å². The molecule has 0 bridgehead atoms. The maximum atomic E-state index is 5.05. The Morgan fingerprint density at radius 3 is 2.70 bits per heavy atom. The van der Waals surface area contributed by atoms with Gasteiger partial charge < -0.3 is 15.4 Å². The zero-order chi connectivity index (χ0) is 16.2. The number of hydrogen-bond acceptors (Lipinski definition) is 6. The molecule has 0 saturated heterocycles. The monoisotopic (exact) mass is 312 g/mol. The van der Waals surface area contributed by atoms with Crippen LogP contribution >= 0.6 is 0 Å². The van der Waals surface area contributed by atoms with Gasteiger partial charge in [-0.2, -0.15) is 15.1 Å². The van der Waals surface area contributed by atoms with Gasteiger partial charge in [-0.1, -0.05) is 17.7 Å². The highest BCUT2D eigenvalue weighted by atomic mass is 16.5. The minimum atomic E-state index is 0.549. The number of methoxy groups -OCH3 is 1. The number of anilines is 3. The van der Waals surface area contributed by atoms with E-state index in [-0.39, 0.29) is 0 Å². The molecule has 2 N–H and O–H groups in total. The fourth-order valence-corrected chi connectivity index (χ4v) is 2.24. The van der Waals surface area contributed by atoms with Gasteiger partial charge in [0.25, 0.3) is 0 Å². The Bertz CT molecular complexity index is 796. The lowest BCUT2D eigenvalue weighted by molar-refractivity contribution is 0.210. The molecular formula is C16H20N6O. The quantitative estimate of drug-likeness (QED) is 0.681. The molecule has 0 aliphatic heterocycles. The van der Waals surface area contributed by atoms with Gasteiger partial charge >= 0.3 is 0 Å². The maximum Gasteiger partial charge on any atom is 0.226 e. The SMILES string of the molecule is COCCNc1nc(Nc2ccc(C)cc2)c2cnn(C)c2n1. The molecule has 1 aromatic carbocycles. The van der Waals surface area contributed by atoms with Crippen LogP contribution in [0.4, 0.5) is 17.5 Å². The zero-order valence-electron chi connectivity index (χ0n) is 13.5. The van der Waals surface area contributed by atoms with Crippen LogP contribution in [0.3, 0.4) is 0 Å². The number of ether oxygens (including phenoxy) is 1. The van der Waals surface area contributed by atoms with E-state index >= 15 is 0 Å². The summed E-state index contributed by atoms with van der Waals surface area (Å²) in [5, 5.41) is 11.7. The third-order valence-corrected chi connectivity index (χ3v) is 3.50. The van der Waals surface area contributed by atoms with E-state index in [9.17, 15) is 0 Å². The first-order valence-electron chi connectivity index (χ1n) is 7.43. The van der Waals surface area contributed by atoms with Crippen LogP contribution in [0.25, 0.3) is 11.0 Å². The van der Waals surface area contributed by atoms with E-state index in [1.165, 1.54) is 5.56 Å². The molecule has 2 heterocycles. The second-order valence-corrected chi connectivity index (χ2v) is 5.31. The van der Waals surface area contributed by atoms with E-state index in [1.807, 2.05) is 19.2 Å². The summed E-state index contributed by atoms with van der Waals surface area (Å²) >= 11 is 0. The van der Waals surface area contributed by atoms with Gasteiger partial charge in [-0.3, -0.25) is 4.68 Å². The number of aryl methyl sites for hydroxylation is 2. The molecule has 3 aromatic rings. The predicted molar refractivity (Wildman–Crippen MR) is 91.1 cm³/mol. The van der Waals surface area contributed by atoms with Gasteiger partial charge in [-0.15, -0.1) is 0 Å². The summed E-state index contributed by atoms with van der Waals surface area (Å²) in [5.41, 5.74) is 2.96. The van der Waals surface area contributed by atoms with Crippen LogP contribution in [0, 0.1) is 6.92 Å². The maximum absolute atomic E-state index is 5.05. The number of hydrogen-bond donors (Lipinski definition) is 2. The lowest BCUT2D eigenvalue weighted by atomic mass is 10.2. The van der Waals surface area contributed by atoms with Gasteiger partial charge in [0.05, 0.1) is 18.2 Å². The summed E-state index contributed by atoms with van der Waals surface area (Å²) < 4.78 is 6.78. The number of aromatic nitrogens is 4. The third kappa shape index (κ3) is 3.40. The van der Waals surface area contributed by atoms with Crippen molar-refractivity contribution in [3.05, 3.63) is 36.0 Å². The molecule has 0 amide bonds. The molecule has 3 rings (SSSR count). The van der Waals surface area contributed by atoms with E-state index in [0.717, 1.165) is 22.5 Å². The Labute approximate surface area is 134 Å². The minimum absolute atomic E-state index is 0.549. The average molecular weight is 312 g/mol. The zero-order valence-corrected chi connectivity index (χ0v) is 13.5. The molecule has 0 saturated carbocycles. The molecule has 23 heavy (non-hydrogen) atoms. The normalized spacial score (nSPS) is 10.9. The smallest absolute Gasteiger partial charge is 0.226 e. The molecule has 0 atom stereocenters. The van der Waals surface area contributed by atoms with Gasteiger partial charge in [-0.25, -0.2) is 0 Å². The molecule has 0 spiro atoms. The molecule has 0 radical (unpaired) electrons. The van der Waals surface area contributed by atoms with Crippen molar-refractivity contribution in [3.8, 4) is 0 Å². The minimum Gasteiger partial charge on any atom is -0.383 e. The number of rotatable bonds is 6. The average Bonchev–Trinajstić information content (AvgIpc) is 2.92. The Balaban J connectivity index is 1.94. The molecule has 0 aliphatic rings. The van der Waals surface area contributed by atoms with Gasteiger partial charge in [-0.05, 0) is 19.1 Å². The van der Waals surface area contributed by atoms with Crippen LogP contribution in [-0.2, 0) is 11.8 Å². The molecule has 120 valence electrons. The number of nitrogens with one attached hydrogen (secondary N) is 2. The number of fused-ring (bicyclic) bond motifs is 1. The Kier molecular flexibility index (Phi) is 4.38. The summed E-state index contributed by atoms with van der Waals surface area (Å²) in [6, 6.07) is 8.17. The molecular weight excluding hydrogens is 292 g/mol. The van der Waals surface area contributed by atoms with Crippen molar-refractivity contribution in [2.75, 3.05) is 30.9 Å². The van der Waals surface area contributed by atoms with Gasteiger partial charge in [0.1, 0.15) is 5.82 Å². The summed E-state index contributed by atoms with van der Waals surface area (Å²) in [7, 11) is 3.53. The van der Waals surface area contributed by atoms with E-state index < -0.39 is 0 Å². The highest BCUT2D eigenvalue weighted by molar-refractivity contribution is 5.89. The largest absolute Gasteiger partial charge is 0.383 e. The second-order valence-electron chi connectivity index (χ2n) is 5.31. The Morgan fingerprint density at radius 1 is 1.17 bits per heavy atom. The van der Waals surface area contributed by atoms with Crippen LogP contribution in [0.5, 0.6) is 0 Å². The van der Waals surface area contributed by atoms with Crippen molar-refractivity contribution in [2.45, 2.75) is 6.92 Å². The van der Waals surface area contributed by atoms with E-state index in [4.69, 9.17) is 4.74 Å². The summed E-state index contributed by atoms with van der Waals surface area (Å²) in [4.78, 5) is 9.07. The standard InChI is InChI=1S/C16H20N6O/c1-11-4-6-12(7-5-11)19-14-13-10-18-22(2)15(13)21-16(20-14)17-8-9-23-3/h4-7,10H,8-9H2,1-3H3,(H2,17,19,20,21). The van der Waals surface area contributed by atoms with Gasteiger partial charge in [0, 0.05) is 26.4 Å². The van der Waals surface area contributed by atoms with Crippen LogP contribution in [0.15, 0.2) is 30.5 Å². The topological polar surface area (TPSA) is 76.9 Å². The summed E-state index contributed by atoms with van der Waals surface area (Å²) in [5.74, 6) is 1.28. The predicted octanol–water partition coefficient (Wildman–Crippen LogP) is 2.47. The number of benzene rings is 1. The van der Waals surface area contributed by atoms with Crippen molar-refractivity contribution < 1.29 is 4.74 Å². The van der Waals surface area contributed by atoms with Crippen LogP contribution in [-0.4, -0.2) is 40.0 Å². The van der Waals surface area contributed by atoms with E-state index in [2.05, 4.69) is 44.8 Å². The molecule has 0 unspecified atom stereocenters. The summed E-state index contributed by atoms with van der Waals surface area (Å²) in [6.07, 6.45) is 1.77. The lowest BCUT2D eigenvalue weighted by Crippen LogP contribution is -2.11. The molecule has 0 fully saturated rings. The summed E-state index contributed by atoms with van der Waals surface area (Å²) in [6.45, 7) is 3.29. The number of nitrogens with zero attached hydrogens (tertiary/aromatic N) is 4. The van der Waals surface area contributed by atoms with Crippen LogP contribution in [0.1, 0.15) is 5.56 Å². The fraction of sp³-hybridized carbons (Fsp3) is 0.312. The highest BCUT2D eigenvalue weighted by Crippen LogP contribution is 2.24. The first-order valence-corrected chi connectivity index (χ1v) is 7.43. The first-order chi connectivity index (χ1) is 11.2. The fourth-order valence-electron chi connectivity index (χ4n) is 2.24. The van der Waals surface area contributed by atoms with E-state index in [1.54, 1.807) is 18.0 Å². The van der Waals surface area contributed by atoms with Crippen molar-refractivity contribution in [1.29, 1.82) is 0 Å². The Hall–Kier alpha value is -2.67. The van der Waals surface area contributed by atoms with Crippen LogP contribution in [0.2, 0.25) is 0 Å². The molecule has 0 aliphatic carbocycles. The van der Waals surface area contributed by atoms with E-state index in [0.29, 0.717) is 19.1 Å². The van der Waals surface area contributed by atoms with Crippen molar-refractivity contribution in [1.82, 2.24) is 19.7 Å². The highest BCUT2D eigenvalue weighted by Gasteiger charge is 2.11. The lowest BCUT2D eigenvalue weighted by Gasteiger charge is -2.10. The third-order valence-electron chi connectivity index (χ3n) is 3.50. The van der Waals surface area contributed by atoms with Crippen LogP contribution < -0.4 is 10.6 Å². The molecule has 7 heteroatoms. The Morgan fingerprint density at radius 2 is 1.96 bits per heavy atom. The second kappa shape index (κ2) is 6.62. The molecule has 7 nitrogen and oxygen atoms in total. The first kappa shape index (κ1) is 15.2. The van der Waals surface area contributed by atoms with Crippen molar-refractivity contribution in [3.63, 3.8) is 0 Å². The van der Waals surface area contributed by atoms with Crippen molar-refractivity contribution in [2.24, 2.45) is 7.05 Å².